The minimum absolute atomic E-state index is 0.0255. The molecule has 1 aromatic carbocycles. The van der Waals surface area contributed by atoms with Crippen LogP contribution >= 0.6 is 0 Å². The number of piperidine rings is 1. The second-order valence-electron chi connectivity index (χ2n) is 9.06. The predicted molar refractivity (Wildman–Crippen MR) is 128 cm³/mol. The summed E-state index contributed by atoms with van der Waals surface area (Å²) in [6, 6.07) is 5.65. The van der Waals surface area contributed by atoms with Gasteiger partial charge in [0.05, 0.1) is 19.0 Å². The summed E-state index contributed by atoms with van der Waals surface area (Å²) in [6.45, 7) is 3.59. The maximum Gasteiger partial charge on any atom is 0.573 e. The van der Waals surface area contributed by atoms with Crippen LogP contribution in [-0.4, -0.2) is 82.0 Å². The number of fused-ring (bicyclic) bond motifs is 1. The first-order valence-electron chi connectivity index (χ1n) is 12.1. The number of aromatic nitrogens is 2. The molecule has 0 amide bonds. The van der Waals surface area contributed by atoms with Crippen molar-refractivity contribution in [3.8, 4) is 17.5 Å². The maximum atomic E-state index is 12.3. The van der Waals surface area contributed by atoms with Crippen LogP contribution in [0.3, 0.4) is 0 Å². The number of hydrogen-bond acceptors (Lipinski definition) is 10. The van der Waals surface area contributed by atoms with Crippen LogP contribution in [0.4, 0.5) is 19.0 Å². The largest absolute Gasteiger partial charge is 0.573 e. The summed E-state index contributed by atoms with van der Waals surface area (Å²) in [5, 5.41) is 14.3. The van der Waals surface area contributed by atoms with Gasteiger partial charge in [0.1, 0.15) is 36.2 Å². The number of halogens is 3. The fourth-order valence-corrected chi connectivity index (χ4v) is 4.43. The Bertz CT molecular complexity index is 1190. The van der Waals surface area contributed by atoms with Crippen LogP contribution < -0.4 is 19.5 Å². The number of aliphatic imine (C=N–C) groups is 1. The van der Waals surface area contributed by atoms with E-state index < -0.39 is 11.3 Å². The molecule has 0 radical (unpaired) electrons. The number of hydrogen-bond donors (Lipinski definition) is 1. The molecule has 2 aromatic rings. The number of nitrogens with zero attached hydrogens (tertiary/aromatic N) is 6. The van der Waals surface area contributed by atoms with Gasteiger partial charge in [-0.25, -0.2) is 4.99 Å². The average molecular weight is 537 g/mol. The Morgan fingerprint density at radius 2 is 1.92 bits per heavy atom. The molecule has 0 spiro atoms. The molecule has 3 aliphatic heterocycles. The summed E-state index contributed by atoms with van der Waals surface area (Å²) in [4.78, 5) is 23.0. The lowest BCUT2D eigenvalue weighted by molar-refractivity contribution is -0.389. The lowest BCUT2D eigenvalue weighted by Gasteiger charge is -2.35. The fourth-order valence-electron chi connectivity index (χ4n) is 4.43. The van der Waals surface area contributed by atoms with E-state index in [-0.39, 0.29) is 29.7 Å². The molecule has 12 nitrogen and oxygen atoms in total. The summed E-state index contributed by atoms with van der Waals surface area (Å²) in [5.74, 6) is 0.883. The highest BCUT2D eigenvalue weighted by Gasteiger charge is 2.31. The molecule has 1 fully saturated rings. The molecular formula is C23H26F3N7O5. The van der Waals surface area contributed by atoms with Crippen LogP contribution in [-0.2, 0) is 6.54 Å². The Kier molecular flexibility index (Phi) is 7.26. The third kappa shape index (κ3) is 6.45. The topological polar surface area (TPSA) is 120 Å². The van der Waals surface area contributed by atoms with E-state index in [1.165, 1.54) is 30.5 Å². The first kappa shape index (κ1) is 25.6. The Morgan fingerprint density at radius 1 is 1.18 bits per heavy atom. The first-order chi connectivity index (χ1) is 18.2. The van der Waals surface area contributed by atoms with Gasteiger partial charge in [0.25, 0.3) is 0 Å². The van der Waals surface area contributed by atoms with Gasteiger partial charge in [-0.05, 0) is 35.3 Å². The van der Waals surface area contributed by atoms with Crippen molar-refractivity contribution >= 4 is 12.2 Å². The molecule has 204 valence electrons. The normalized spacial score (nSPS) is 20.0. The molecule has 1 aromatic heterocycles. The minimum atomic E-state index is -4.72. The zero-order valence-corrected chi connectivity index (χ0v) is 20.2. The molecular weight excluding hydrogens is 511 g/mol. The van der Waals surface area contributed by atoms with E-state index in [1.807, 2.05) is 4.90 Å². The summed E-state index contributed by atoms with van der Waals surface area (Å²) >= 11 is 0. The van der Waals surface area contributed by atoms with Crippen molar-refractivity contribution in [1.82, 2.24) is 24.7 Å². The van der Waals surface area contributed by atoms with Crippen LogP contribution in [0.15, 0.2) is 47.4 Å². The van der Waals surface area contributed by atoms with Crippen molar-refractivity contribution in [2.24, 2.45) is 4.99 Å². The van der Waals surface area contributed by atoms with E-state index in [2.05, 4.69) is 31.0 Å². The van der Waals surface area contributed by atoms with Crippen molar-refractivity contribution in [2.45, 2.75) is 37.9 Å². The first-order valence-corrected chi connectivity index (χ1v) is 12.1. The molecule has 1 N–H and O–H groups in total. The van der Waals surface area contributed by atoms with Gasteiger partial charge in [-0.15, -0.1) is 13.2 Å². The summed E-state index contributed by atoms with van der Waals surface area (Å²) in [6.07, 6.45) is 1.97. The highest BCUT2D eigenvalue weighted by molar-refractivity contribution is 5.58. The monoisotopic (exact) mass is 537 g/mol. The Labute approximate surface area is 215 Å². The predicted octanol–water partition coefficient (Wildman–Crippen LogP) is 2.73. The van der Waals surface area contributed by atoms with Gasteiger partial charge in [0.2, 0.25) is 0 Å². The lowest BCUT2D eigenvalue weighted by Crippen LogP contribution is -2.47. The number of rotatable bonds is 8. The van der Waals surface area contributed by atoms with Crippen molar-refractivity contribution in [3.05, 3.63) is 52.5 Å². The Morgan fingerprint density at radius 3 is 2.58 bits per heavy atom. The van der Waals surface area contributed by atoms with E-state index in [0.717, 1.165) is 31.8 Å². The standard InChI is InChI=1S/C23H26F3N7O5/c24-23(25,26)38-19-3-1-17(2-4-19)37-18-5-9-31(10-6-18)20-7-8-30(15-28-20)14-27-16-11-32-12-21(33(34)35)29-22(32)36-13-16/h1-4,7,12,15-16,18,27H,5-6,8-11,13-14H2/t16-/m0/s1. The van der Waals surface area contributed by atoms with Crippen LogP contribution in [0.5, 0.6) is 17.5 Å². The van der Waals surface area contributed by atoms with Gasteiger partial charge in [-0.2, -0.15) is 0 Å². The molecule has 0 aliphatic carbocycles. The van der Waals surface area contributed by atoms with Crippen molar-refractivity contribution in [2.75, 3.05) is 32.9 Å². The van der Waals surface area contributed by atoms with Crippen LogP contribution in [0.2, 0.25) is 0 Å². The molecule has 1 atom stereocenters. The highest BCUT2D eigenvalue weighted by atomic mass is 19.4. The summed E-state index contributed by atoms with van der Waals surface area (Å²) in [7, 11) is 0. The van der Waals surface area contributed by atoms with E-state index in [1.54, 1.807) is 10.9 Å². The number of likely N-dealkylation sites (tertiary alicyclic amines) is 1. The van der Waals surface area contributed by atoms with E-state index in [4.69, 9.17) is 9.47 Å². The third-order valence-corrected chi connectivity index (χ3v) is 6.32. The molecule has 5 rings (SSSR count). The van der Waals surface area contributed by atoms with Crippen LogP contribution in [0.1, 0.15) is 12.8 Å². The quantitative estimate of drug-likeness (QED) is 0.400. The average Bonchev–Trinajstić information content (AvgIpc) is 3.33. The highest BCUT2D eigenvalue weighted by Crippen LogP contribution is 2.27. The molecule has 0 saturated carbocycles. The smallest absolute Gasteiger partial charge is 0.490 e. The number of nitrogens with one attached hydrogen (secondary N) is 1. The number of imidazole rings is 1. The summed E-state index contributed by atoms with van der Waals surface area (Å²) < 4.78 is 53.9. The lowest BCUT2D eigenvalue weighted by atomic mass is 10.1. The number of alkyl halides is 3. The zero-order chi connectivity index (χ0) is 26.7. The van der Waals surface area contributed by atoms with E-state index in [9.17, 15) is 23.3 Å². The Hall–Kier alpha value is -4.01. The molecule has 3 aliphatic rings. The molecule has 1 saturated heterocycles. The van der Waals surface area contributed by atoms with Gasteiger partial charge in [-0.1, -0.05) is 0 Å². The fraction of sp³-hybridized carbons (Fsp3) is 0.478. The molecule has 15 heteroatoms. The van der Waals surface area contributed by atoms with Gasteiger partial charge in [0, 0.05) is 44.0 Å². The summed E-state index contributed by atoms with van der Waals surface area (Å²) in [5.41, 5.74) is 0. The van der Waals surface area contributed by atoms with Gasteiger partial charge >= 0.3 is 18.2 Å². The molecule has 0 bridgehead atoms. The molecule has 38 heavy (non-hydrogen) atoms. The van der Waals surface area contributed by atoms with Gasteiger partial charge in [-0.3, -0.25) is 9.88 Å². The SMILES string of the molecule is O=[N+]([O-])c1cn2c(n1)OC[C@@H](NCN1C=NC(N3CCC(Oc4ccc(OC(F)(F)F)cc4)CC3)=CC1)C2. The van der Waals surface area contributed by atoms with Crippen molar-refractivity contribution in [3.63, 3.8) is 0 Å². The number of benzene rings is 1. The second kappa shape index (κ2) is 10.8. The van der Waals surface area contributed by atoms with Gasteiger partial charge in [0.15, 0.2) is 0 Å². The molecule has 0 unspecified atom stereocenters. The molecule has 4 heterocycles. The third-order valence-electron chi connectivity index (χ3n) is 6.32. The van der Waals surface area contributed by atoms with Crippen molar-refractivity contribution < 1.29 is 32.3 Å². The van der Waals surface area contributed by atoms with E-state index in [0.29, 0.717) is 32.1 Å². The van der Waals surface area contributed by atoms with Crippen LogP contribution in [0, 0.1) is 10.1 Å². The van der Waals surface area contributed by atoms with Gasteiger partial charge < -0.3 is 34.1 Å². The van der Waals surface area contributed by atoms with E-state index >= 15 is 0 Å². The van der Waals surface area contributed by atoms with Crippen molar-refractivity contribution in [1.29, 1.82) is 0 Å². The van der Waals surface area contributed by atoms with Crippen LogP contribution in [0.25, 0.3) is 0 Å². The Balaban J connectivity index is 1.02. The number of nitro groups is 1. The zero-order valence-electron chi connectivity index (χ0n) is 20.2. The minimum Gasteiger partial charge on any atom is -0.490 e. The number of ether oxygens (including phenoxy) is 3. The second-order valence-corrected chi connectivity index (χ2v) is 9.06. The maximum absolute atomic E-state index is 12.3.